The number of nitrogens with one attached hydrogen (secondary N) is 1. The molecular weight excluding hydrogens is 200 g/mol. The van der Waals surface area contributed by atoms with E-state index in [9.17, 15) is 0 Å². The Labute approximate surface area is 98.6 Å². The van der Waals surface area contributed by atoms with E-state index in [0.717, 1.165) is 17.4 Å². The molecule has 0 aromatic carbocycles. The van der Waals surface area contributed by atoms with Crippen LogP contribution in [-0.2, 0) is 0 Å². The van der Waals surface area contributed by atoms with E-state index in [1.54, 1.807) is 0 Å². The van der Waals surface area contributed by atoms with Gasteiger partial charge in [-0.05, 0) is 40.0 Å². The molecule has 1 rings (SSSR count). The zero-order chi connectivity index (χ0) is 12.3. The summed E-state index contributed by atoms with van der Waals surface area (Å²) in [5, 5.41) is 7.59. The van der Waals surface area contributed by atoms with Crippen molar-refractivity contribution in [2.45, 2.75) is 60.0 Å². The van der Waals surface area contributed by atoms with Gasteiger partial charge in [-0.1, -0.05) is 19.0 Å². The lowest BCUT2D eigenvalue weighted by atomic mass is 10.0. The molecule has 2 atom stereocenters. The predicted molar refractivity (Wildman–Crippen MR) is 66.4 cm³/mol. The summed E-state index contributed by atoms with van der Waals surface area (Å²) in [7, 11) is 0. The molecule has 92 valence electrons. The molecule has 3 heteroatoms. The van der Waals surface area contributed by atoms with Crippen LogP contribution in [0.3, 0.4) is 0 Å². The predicted octanol–water partition coefficient (Wildman–Crippen LogP) is 3.38. The smallest absolute Gasteiger partial charge is 0.138 e. The van der Waals surface area contributed by atoms with Crippen LogP contribution in [0.5, 0.6) is 0 Å². The third kappa shape index (κ3) is 3.34. The average Bonchev–Trinajstić information content (AvgIpc) is 2.44. The van der Waals surface area contributed by atoms with Crippen molar-refractivity contribution in [2.24, 2.45) is 5.92 Å². The van der Waals surface area contributed by atoms with Crippen molar-refractivity contribution < 1.29 is 4.52 Å². The summed E-state index contributed by atoms with van der Waals surface area (Å²) in [5.74, 6) is 1.65. The molecule has 1 aromatic heterocycles. The highest BCUT2D eigenvalue weighted by Crippen LogP contribution is 2.22. The molecule has 0 amide bonds. The van der Waals surface area contributed by atoms with Crippen LogP contribution in [-0.4, -0.2) is 11.2 Å². The van der Waals surface area contributed by atoms with Gasteiger partial charge in [0, 0.05) is 17.6 Å². The number of rotatable bonds is 5. The quantitative estimate of drug-likeness (QED) is 0.833. The zero-order valence-electron chi connectivity index (χ0n) is 11.3. The monoisotopic (exact) mass is 224 g/mol. The van der Waals surface area contributed by atoms with Crippen molar-refractivity contribution in [2.75, 3.05) is 0 Å². The Kier molecular flexibility index (Phi) is 4.54. The Balaban J connectivity index is 2.62. The third-order valence-electron chi connectivity index (χ3n) is 2.88. The van der Waals surface area contributed by atoms with Gasteiger partial charge in [0.05, 0.1) is 5.69 Å². The largest absolute Gasteiger partial charge is 0.361 e. The summed E-state index contributed by atoms with van der Waals surface area (Å²) in [6.45, 7) is 12.9. The molecule has 2 unspecified atom stereocenters. The minimum absolute atomic E-state index is 0.306. The van der Waals surface area contributed by atoms with Crippen molar-refractivity contribution in [3.8, 4) is 0 Å². The number of aromatic nitrogens is 1. The maximum Gasteiger partial charge on any atom is 0.138 e. The second-order valence-electron chi connectivity index (χ2n) is 5.16. The van der Waals surface area contributed by atoms with Crippen molar-refractivity contribution in [1.82, 2.24) is 10.5 Å². The van der Waals surface area contributed by atoms with Gasteiger partial charge >= 0.3 is 0 Å². The highest BCUT2D eigenvalue weighted by Gasteiger charge is 2.18. The van der Waals surface area contributed by atoms with Crippen LogP contribution in [0.2, 0.25) is 0 Å². The molecule has 0 saturated carbocycles. The molecule has 0 saturated heterocycles. The molecule has 1 heterocycles. The molecular formula is C13H24N2O. The van der Waals surface area contributed by atoms with Gasteiger partial charge in [0.1, 0.15) is 5.76 Å². The fourth-order valence-electron chi connectivity index (χ4n) is 2.39. The number of aryl methyl sites for hydroxylation is 2. The third-order valence-corrected chi connectivity index (χ3v) is 2.88. The Hall–Kier alpha value is -0.830. The van der Waals surface area contributed by atoms with E-state index in [1.807, 2.05) is 13.8 Å². The lowest BCUT2D eigenvalue weighted by molar-refractivity contribution is 0.384. The molecule has 1 N–H and O–H groups in total. The van der Waals surface area contributed by atoms with E-state index in [0.29, 0.717) is 12.1 Å². The van der Waals surface area contributed by atoms with E-state index < -0.39 is 0 Å². The molecule has 1 aromatic rings. The molecule has 0 radical (unpaired) electrons. The maximum absolute atomic E-state index is 5.19. The van der Waals surface area contributed by atoms with E-state index in [1.165, 1.54) is 12.0 Å². The first-order valence-electron chi connectivity index (χ1n) is 6.10. The average molecular weight is 224 g/mol. The van der Waals surface area contributed by atoms with Crippen LogP contribution < -0.4 is 5.32 Å². The zero-order valence-corrected chi connectivity index (χ0v) is 11.3. The minimum atomic E-state index is 0.306. The Morgan fingerprint density at radius 3 is 2.25 bits per heavy atom. The number of hydrogen-bond donors (Lipinski definition) is 1. The first-order chi connectivity index (χ1) is 7.41. The fourth-order valence-corrected chi connectivity index (χ4v) is 2.39. The molecule has 0 aliphatic heterocycles. The summed E-state index contributed by atoms with van der Waals surface area (Å²) in [6, 6.07) is 0.823. The first-order valence-corrected chi connectivity index (χ1v) is 6.10. The second kappa shape index (κ2) is 5.48. The highest BCUT2D eigenvalue weighted by molar-refractivity contribution is 5.24. The van der Waals surface area contributed by atoms with E-state index >= 15 is 0 Å². The Morgan fingerprint density at radius 1 is 1.19 bits per heavy atom. The van der Waals surface area contributed by atoms with Crippen LogP contribution in [0.4, 0.5) is 0 Å². The number of nitrogens with zero attached hydrogens (tertiary/aromatic N) is 1. The van der Waals surface area contributed by atoms with Crippen LogP contribution in [0, 0.1) is 19.8 Å². The SMILES string of the molecule is Cc1noc(C)c1C(C)NC(C)CC(C)C. The summed E-state index contributed by atoms with van der Waals surface area (Å²) in [6.07, 6.45) is 1.19. The summed E-state index contributed by atoms with van der Waals surface area (Å²) >= 11 is 0. The summed E-state index contributed by atoms with van der Waals surface area (Å²) < 4.78 is 5.19. The maximum atomic E-state index is 5.19. The van der Waals surface area contributed by atoms with Gasteiger partial charge in [0.2, 0.25) is 0 Å². The molecule has 0 fully saturated rings. The van der Waals surface area contributed by atoms with Crippen LogP contribution >= 0.6 is 0 Å². The van der Waals surface area contributed by atoms with Crippen molar-refractivity contribution in [3.63, 3.8) is 0 Å². The van der Waals surface area contributed by atoms with Crippen molar-refractivity contribution in [1.29, 1.82) is 0 Å². The van der Waals surface area contributed by atoms with Gasteiger partial charge in [0.15, 0.2) is 0 Å². The molecule has 3 nitrogen and oxygen atoms in total. The topological polar surface area (TPSA) is 38.1 Å². The summed E-state index contributed by atoms with van der Waals surface area (Å²) in [5.41, 5.74) is 2.20. The van der Waals surface area contributed by atoms with Crippen molar-refractivity contribution >= 4 is 0 Å². The van der Waals surface area contributed by atoms with Crippen LogP contribution in [0.25, 0.3) is 0 Å². The van der Waals surface area contributed by atoms with Gasteiger partial charge in [-0.2, -0.15) is 0 Å². The van der Waals surface area contributed by atoms with Crippen LogP contribution in [0.15, 0.2) is 4.52 Å². The van der Waals surface area contributed by atoms with Gasteiger partial charge in [-0.25, -0.2) is 0 Å². The molecule has 16 heavy (non-hydrogen) atoms. The number of hydrogen-bond acceptors (Lipinski definition) is 3. The highest BCUT2D eigenvalue weighted by atomic mass is 16.5. The van der Waals surface area contributed by atoms with E-state index in [4.69, 9.17) is 4.52 Å². The lowest BCUT2D eigenvalue weighted by Crippen LogP contribution is -2.30. The van der Waals surface area contributed by atoms with Gasteiger partial charge in [-0.15, -0.1) is 0 Å². The van der Waals surface area contributed by atoms with Crippen molar-refractivity contribution in [3.05, 3.63) is 17.0 Å². The molecule has 0 bridgehead atoms. The Bertz CT molecular complexity index is 311. The van der Waals surface area contributed by atoms with Crippen LogP contribution in [0.1, 0.15) is 57.2 Å². The molecule has 0 aliphatic carbocycles. The van der Waals surface area contributed by atoms with Gasteiger partial charge < -0.3 is 9.84 Å². The van der Waals surface area contributed by atoms with E-state index in [2.05, 4.69) is 38.2 Å². The molecule has 0 aliphatic rings. The Morgan fingerprint density at radius 2 is 1.81 bits per heavy atom. The minimum Gasteiger partial charge on any atom is -0.361 e. The van der Waals surface area contributed by atoms with E-state index in [-0.39, 0.29) is 0 Å². The normalized spacial score (nSPS) is 15.4. The first kappa shape index (κ1) is 13.2. The molecule has 0 spiro atoms. The summed E-state index contributed by atoms with van der Waals surface area (Å²) in [4.78, 5) is 0. The standard InChI is InChI=1S/C13H24N2O/c1-8(2)7-9(3)14-10(4)13-11(5)15-16-12(13)6/h8-10,14H,7H2,1-6H3. The fraction of sp³-hybridized carbons (Fsp3) is 0.769. The van der Waals surface area contributed by atoms with Gasteiger partial charge in [0.25, 0.3) is 0 Å². The lowest BCUT2D eigenvalue weighted by Gasteiger charge is -2.21. The van der Waals surface area contributed by atoms with Gasteiger partial charge in [-0.3, -0.25) is 0 Å². The second-order valence-corrected chi connectivity index (χ2v) is 5.16.